The third-order valence-electron chi connectivity index (χ3n) is 9.03. The van der Waals surface area contributed by atoms with E-state index in [2.05, 4.69) is 15.6 Å². The van der Waals surface area contributed by atoms with Crippen molar-refractivity contribution < 1.29 is 27.9 Å². The van der Waals surface area contributed by atoms with Crippen molar-refractivity contribution in [3.05, 3.63) is 121 Å². The number of nitrogens with two attached hydrogens (primary N) is 1. The molecule has 0 bridgehead atoms. The Kier molecular flexibility index (Phi) is 15.2. The van der Waals surface area contributed by atoms with Gasteiger partial charge in [0.05, 0.1) is 11.5 Å². The molecule has 0 aliphatic heterocycles. The van der Waals surface area contributed by atoms with Crippen molar-refractivity contribution in [2.45, 2.75) is 81.8 Å². The van der Waals surface area contributed by atoms with Crippen LogP contribution in [0.4, 0.5) is 10.5 Å². The van der Waals surface area contributed by atoms with Crippen LogP contribution in [-0.2, 0) is 14.8 Å². The first-order valence-electron chi connectivity index (χ1n) is 17.8. The number of anilines is 1. The highest BCUT2D eigenvalue weighted by Gasteiger charge is 2.35. The molecule has 4 aromatic rings. The molecule has 0 aliphatic carbocycles. The number of pyridine rings is 1. The number of aromatic nitrogens is 1. The number of aliphatic hydroxyl groups is 1. The van der Waals surface area contributed by atoms with Crippen LogP contribution in [0.25, 0.3) is 0 Å². The zero-order valence-corrected chi connectivity index (χ0v) is 30.9. The first-order valence-corrected chi connectivity index (χ1v) is 19.2. The molecule has 0 radical (unpaired) electrons. The van der Waals surface area contributed by atoms with E-state index in [1.165, 1.54) is 28.8 Å². The van der Waals surface area contributed by atoms with Crippen LogP contribution in [-0.4, -0.2) is 66.1 Å². The smallest absolute Gasteiger partial charge is 0.410 e. The molecule has 1 aromatic heterocycles. The average molecular weight is 730 g/mol. The van der Waals surface area contributed by atoms with Crippen molar-refractivity contribution in [3.8, 4) is 5.75 Å². The fourth-order valence-corrected chi connectivity index (χ4v) is 7.78. The highest BCUT2D eigenvalue weighted by Crippen LogP contribution is 2.29. The molecule has 0 aliphatic rings. The van der Waals surface area contributed by atoms with Crippen LogP contribution < -0.4 is 21.1 Å². The monoisotopic (exact) mass is 729 g/mol. The summed E-state index contributed by atoms with van der Waals surface area (Å²) in [5, 5.41) is 16.5. The number of hydrogen-bond donors (Lipinski definition) is 4. The van der Waals surface area contributed by atoms with E-state index in [1.54, 1.807) is 24.3 Å². The minimum Gasteiger partial charge on any atom is -0.410 e. The van der Waals surface area contributed by atoms with Crippen LogP contribution in [0.2, 0.25) is 0 Å². The molecule has 278 valence electrons. The number of nitrogens with zero attached hydrogens (tertiary/aromatic N) is 2. The van der Waals surface area contributed by atoms with Gasteiger partial charge in [0.15, 0.2) is 0 Å². The third kappa shape index (κ3) is 11.4. The van der Waals surface area contributed by atoms with Gasteiger partial charge in [-0.1, -0.05) is 81.4 Å². The van der Waals surface area contributed by atoms with Crippen LogP contribution >= 0.6 is 0 Å². The number of nitrogen functional groups attached to an aromatic ring is 1. The summed E-state index contributed by atoms with van der Waals surface area (Å²) < 4.78 is 34.5. The van der Waals surface area contributed by atoms with Crippen molar-refractivity contribution in [2.75, 3.05) is 18.9 Å². The van der Waals surface area contributed by atoms with E-state index in [0.29, 0.717) is 37.8 Å². The van der Waals surface area contributed by atoms with Gasteiger partial charge in [0, 0.05) is 42.6 Å². The Morgan fingerprint density at radius 3 is 1.98 bits per heavy atom. The topological polar surface area (TPSA) is 164 Å². The minimum absolute atomic E-state index is 0.120. The highest BCUT2D eigenvalue weighted by atomic mass is 32.2. The Morgan fingerprint density at radius 1 is 0.846 bits per heavy atom. The maximum atomic E-state index is 14.3. The van der Waals surface area contributed by atoms with Crippen LogP contribution in [0.5, 0.6) is 5.75 Å². The highest BCUT2D eigenvalue weighted by molar-refractivity contribution is 7.89. The van der Waals surface area contributed by atoms with Crippen LogP contribution in [0.1, 0.15) is 69.9 Å². The molecule has 5 N–H and O–H groups in total. The molecular weight excluding hydrogens is 679 g/mol. The number of carbonyl (C=O) groups excluding carboxylic acids is 2. The van der Waals surface area contributed by atoms with Crippen molar-refractivity contribution in [1.29, 1.82) is 0 Å². The van der Waals surface area contributed by atoms with Gasteiger partial charge in [-0.25, -0.2) is 13.2 Å². The predicted molar refractivity (Wildman–Crippen MR) is 203 cm³/mol. The zero-order valence-electron chi connectivity index (χ0n) is 30.1. The standard InChI is InChI=1S/C40H51N5O6S/c1-4-33(16-11-17-34(28-46)45(27-24-29(2)3)52(49,50)36-20-18-32(41)19-21-36)43-39(47)38(44-40(48)51-35-22-25-42-26-23-35)37(30-12-7-5-8-13-30)31-14-9-6-10-15-31/h5-10,12-15,18-23,25-26,29,33-34,37-38,46H,4,11,16-17,24,27-28,41H2,1-3H3,(H,43,47)(H,44,48)/t33-,34-,38-/m0/s1. The summed E-state index contributed by atoms with van der Waals surface area (Å²) >= 11 is 0. The van der Waals surface area contributed by atoms with Gasteiger partial charge < -0.3 is 26.2 Å². The first kappa shape index (κ1) is 40.0. The van der Waals surface area contributed by atoms with Crippen LogP contribution in [0, 0.1) is 5.92 Å². The van der Waals surface area contributed by atoms with Gasteiger partial charge in [-0.05, 0) is 85.5 Å². The number of ether oxygens (including phenoxy) is 1. The van der Waals surface area contributed by atoms with Gasteiger partial charge in [-0.3, -0.25) is 9.78 Å². The first-order chi connectivity index (χ1) is 25.0. The molecule has 0 unspecified atom stereocenters. The second kappa shape index (κ2) is 19.7. The second-order valence-electron chi connectivity index (χ2n) is 13.2. The van der Waals surface area contributed by atoms with Gasteiger partial charge in [0.25, 0.3) is 0 Å². The quantitative estimate of drug-likeness (QED) is 0.0840. The van der Waals surface area contributed by atoms with Gasteiger partial charge in [-0.15, -0.1) is 0 Å². The van der Waals surface area contributed by atoms with Crippen LogP contribution in [0.15, 0.2) is 114 Å². The Bertz CT molecular complexity index is 1740. The molecule has 0 spiro atoms. The summed E-state index contributed by atoms with van der Waals surface area (Å²) in [6.07, 6.45) is 4.88. The molecule has 1 heterocycles. The average Bonchev–Trinajstić information content (AvgIpc) is 3.14. The summed E-state index contributed by atoms with van der Waals surface area (Å²) in [7, 11) is -3.92. The summed E-state index contributed by atoms with van der Waals surface area (Å²) in [5.74, 6) is -0.396. The number of hydrogen-bond acceptors (Lipinski definition) is 8. The largest absolute Gasteiger partial charge is 0.413 e. The van der Waals surface area contributed by atoms with Crippen LogP contribution in [0.3, 0.4) is 0 Å². The summed E-state index contributed by atoms with van der Waals surface area (Å²) in [4.78, 5) is 31.6. The summed E-state index contributed by atoms with van der Waals surface area (Å²) in [5.41, 5.74) is 7.94. The van der Waals surface area contributed by atoms with E-state index in [4.69, 9.17) is 10.5 Å². The van der Waals surface area contributed by atoms with E-state index >= 15 is 0 Å². The molecule has 0 saturated heterocycles. The fraction of sp³-hybridized carbons (Fsp3) is 0.375. The second-order valence-corrected chi connectivity index (χ2v) is 15.1. The van der Waals surface area contributed by atoms with Crippen molar-refractivity contribution >= 4 is 27.7 Å². The Hall–Kier alpha value is -4.78. The number of aliphatic hydroxyl groups excluding tert-OH is 1. The van der Waals surface area contributed by atoms with E-state index in [1.807, 2.05) is 81.4 Å². The molecule has 0 saturated carbocycles. The van der Waals surface area contributed by atoms with E-state index in [0.717, 1.165) is 11.1 Å². The van der Waals surface area contributed by atoms with Crippen molar-refractivity contribution in [2.24, 2.45) is 5.92 Å². The molecule has 11 nitrogen and oxygen atoms in total. The molecule has 0 fully saturated rings. The lowest BCUT2D eigenvalue weighted by molar-refractivity contribution is -0.124. The van der Waals surface area contributed by atoms with Gasteiger partial charge in [-0.2, -0.15) is 4.31 Å². The van der Waals surface area contributed by atoms with E-state index in [-0.39, 0.29) is 41.7 Å². The number of carbonyl (C=O) groups is 2. The molecular formula is C40H51N5O6S. The molecule has 12 heteroatoms. The predicted octanol–water partition coefficient (Wildman–Crippen LogP) is 6.12. The Morgan fingerprint density at radius 2 is 1.44 bits per heavy atom. The molecule has 52 heavy (non-hydrogen) atoms. The SMILES string of the molecule is CC[C@@H](CCC[C@@H](CO)N(CCC(C)C)S(=O)(=O)c1ccc(N)cc1)NC(=O)[C@@H](NC(=O)Oc1ccncc1)C(c1ccccc1)c1ccccc1. The lowest BCUT2D eigenvalue weighted by Crippen LogP contribution is -2.53. The van der Waals surface area contributed by atoms with Crippen molar-refractivity contribution in [3.63, 3.8) is 0 Å². The maximum Gasteiger partial charge on any atom is 0.413 e. The van der Waals surface area contributed by atoms with Gasteiger partial charge >= 0.3 is 6.09 Å². The Balaban J connectivity index is 1.53. The normalized spacial score (nSPS) is 13.4. The molecule has 4 rings (SSSR count). The number of amides is 2. The molecule has 3 aromatic carbocycles. The zero-order chi connectivity index (χ0) is 37.5. The summed E-state index contributed by atoms with van der Waals surface area (Å²) in [6, 6.07) is 26.2. The molecule has 3 atom stereocenters. The number of benzene rings is 3. The number of nitrogens with one attached hydrogen (secondary N) is 2. The maximum absolute atomic E-state index is 14.3. The Labute approximate surface area is 307 Å². The van der Waals surface area contributed by atoms with Gasteiger partial charge in [0.2, 0.25) is 15.9 Å². The van der Waals surface area contributed by atoms with Crippen molar-refractivity contribution in [1.82, 2.24) is 19.9 Å². The van der Waals surface area contributed by atoms with E-state index in [9.17, 15) is 23.1 Å². The lowest BCUT2D eigenvalue weighted by atomic mass is 9.84. The number of sulfonamides is 1. The summed E-state index contributed by atoms with van der Waals surface area (Å²) in [6.45, 7) is 5.92. The fourth-order valence-electron chi connectivity index (χ4n) is 6.12. The van der Waals surface area contributed by atoms with E-state index < -0.39 is 34.1 Å². The number of rotatable bonds is 19. The minimum atomic E-state index is -3.92. The molecule has 2 amide bonds. The van der Waals surface area contributed by atoms with Gasteiger partial charge in [0.1, 0.15) is 11.8 Å². The lowest BCUT2D eigenvalue weighted by Gasteiger charge is -2.31. The third-order valence-corrected chi connectivity index (χ3v) is 11.0.